The lowest BCUT2D eigenvalue weighted by atomic mass is 10.1. The van der Waals surface area contributed by atoms with Crippen molar-refractivity contribution in [3.63, 3.8) is 0 Å². The molecule has 0 fully saturated rings. The Morgan fingerprint density at radius 2 is 1.86 bits per heavy atom. The van der Waals surface area contributed by atoms with Gasteiger partial charge in [-0.2, -0.15) is 0 Å². The van der Waals surface area contributed by atoms with Crippen LogP contribution in [0.15, 0.2) is 36.4 Å². The van der Waals surface area contributed by atoms with Crippen molar-refractivity contribution < 1.29 is 23.8 Å². The Balaban J connectivity index is 1.43. The molecule has 8 heteroatoms. The van der Waals surface area contributed by atoms with Crippen LogP contribution in [0.1, 0.15) is 34.1 Å². The lowest BCUT2D eigenvalue weighted by Gasteiger charge is -2.09. The lowest BCUT2D eigenvalue weighted by molar-refractivity contribution is 0.0475. The van der Waals surface area contributed by atoms with Crippen LogP contribution in [0.25, 0.3) is 11.0 Å². The van der Waals surface area contributed by atoms with Gasteiger partial charge in [-0.3, -0.25) is 4.79 Å². The zero-order valence-electron chi connectivity index (χ0n) is 15.4. The van der Waals surface area contributed by atoms with Crippen LogP contribution >= 0.6 is 0 Å². The molecule has 0 bridgehead atoms. The standard InChI is InChI=1S/C20H19N3O5/c1-2-23-16-6-4-14(10-15(16)21-22-23)20(25)28-12-17(24)13-5-7-18-19(11-13)27-9-3-8-26-18/h4-7,10-11H,2-3,8-9,12H2,1H3. The maximum absolute atomic E-state index is 12.4. The first-order valence-corrected chi connectivity index (χ1v) is 9.09. The summed E-state index contributed by atoms with van der Waals surface area (Å²) in [7, 11) is 0. The molecule has 28 heavy (non-hydrogen) atoms. The summed E-state index contributed by atoms with van der Waals surface area (Å²) in [4.78, 5) is 24.7. The van der Waals surface area contributed by atoms with Crippen LogP contribution in [0.2, 0.25) is 0 Å². The van der Waals surface area contributed by atoms with E-state index in [0.29, 0.717) is 47.9 Å². The first kappa shape index (κ1) is 18.0. The van der Waals surface area contributed by atoms with E-state index in [1.165, 1.54) is 0 Å². The number of hydrogen-bond acceptors (Lipinski definition) is 7. The molecule has 0 saturated heterocycles. The minimum atomic E-state index is -0.587. The Bertz CT molecular complexity index is 1040. The summed E-state index contributed by atoms with van der Waals surface area (Å²) < 4.78 is 18.0. The van der Waals surface area contributed by atoms with Gasteiger partial charge in [-0.1, -0.05) is 5.21 Å². The van der Waals surface area contributed by atoms with Crippen LogP contribution in [0.5, 0.6) is 11.5 Å². The summed E-state index contributed by atoms with van der Waals surface area (Å²) >= 11 is 0. The summed E-state index contributed by atoms with van der Waals surface area (Å²) in [5.74, 6) is 0.233. The van der Waals surface area contributed by atoms with E-state index in [1.54, 1.807) is 41.1 Å². The van der Waals surface area contributed by atoms with Crippen molar-refractivity contribution >= 4 is 22.8 Å². The van der Waals surface area contributed by atoms with Gasteiger partial charge in [0.2, 0.25) is 0 Å². The fourth-order valence-electron chi connectivity index (χ4n) is 2.97. The molecule has 3 aromatic rings. The van der Waals surface area contributed by atoms with E-state index in [2.05, 4.69) is 10.3 Å². The van der Waals surface area contributed by atoms with Gasteiger partial charge < -0.3 is 14.2 Å². The summed E-state index contributed by atoms with van der Waals surface area (Å²) in [6.45, 7) is 3.39. The number of ketones is 1. The number of carbonyl (C=O) groups is 2. The van der Waals surface area contributed by atoms with Gasteiger partial charge in [-0.15, -0.1) is 5.10 Å². The van der Waals surface area contributed by atoms with E-state index in [1.807, 2.05) is 6.92 Å². The highest BCUT2D eigenvalue weighted by Crippen LogP contribution is 2.30. The number of aromatic nitrogens is 3. The second kappa shape index (κ2) is 7.67. The summed E-state index contributed by atoms with van der Waals surface area (Å²) in [5.41, 5.74) is 2.16. The predicted molar refractivity (Wildman–Crippen MR) is 99.9 cm³/mol. The molecule has 0 N–H and O–H groups in total. The van der Waals surface area contributed by atoms with E-state index in [9.17, 15) is 9.59 Å². The number of fused-ring (bicyclic) bond motifs is 2. The van der Waals surface area contributed by atoms with Crippen molar-refractivity contribution in [3.05, 3.63) is 47.5 Å². The van der Waals surface area contributed by atoms with Crippen LogP contribution in [0.4, 0.5) is 0 Å². The molecule has 4 rings (SSSR count). The van der Waals surface area contributed by atoms with Gasteiger partial charge in [0.05, 0.1) is 24.3 Å². The van der Waals surface area contributed by atoms with Crippen LogP contribution in [0.3, 0.4) is 0 Å². The first-order valence-electron chi connectivity index (χ1n) is 9.09. The summed E-state index contributed by atoms with van der Waals surface area (Å²) in [6, 6.07) is 9.96. The van der Waals surface area contributed by atoms with Crippen molar-refractivity contribution in [1.82, 2.24) is 15.0 Å². The monoisotopic (exact) mass is 381 g/mol. The van der Waals surface area contributed by atoms with Gasteiger partial charge in [0.25, 0.3) is 0 Å². The van der Waals surface area contributed by atoms with Crippen molar-refractivity contribution in [1.29, 1.82) is 0 Å². The number of ether oxygens (including phenoxy) is 3. The van der Waals surface area contributed by atoms with E-state index in [-0.39, 0.29) is 12.4 Å². The van der Waals surface area contributed by atoms with Crippen molar-refractivity contribution in [2.45, 2.75) is 19.9 Å². The quantitative estimate of drug-likeness (QED) is 0.495. The molecule has 0 aliphatic carbocycles. The SMILES string of the molecule is CCn1nnc2cc(C(=O)OCC(=O)c3ccc4c(c3)OCCCO4)ccc21. The number of carbonyl (C=O) groups excluding carboxylic acids is 2. The number of Topliss-reactive ketones (excluding diaryl/α,β-unsaturated/α-hetero) is 1. The number of esters is 1. The molecule has 0 saturated carbocycles. The van der Waals surface area contributed by atoms with Gasteiger partial charge in [0.1, 0.15) is 5.52 Å². The molecule has 8 nitrogen and oxygen atoms in total. The Kier molecular flexibility index (Phi) is 4.92. The number of rotatable bonds is 5. The maximum atomic E-state index is 12.4. The second-order valence-corrected chi connectivity index (χ2v) is 6.32. The fourth-order valence-corrected chi connectivity index (χ4v) is 2.97. The average Bonchev–Trinajstić information content (AvgIpc) is 2.99. The lowest BCUT2D eigenvalue weighted by Crippen LogP contribution is -2.14. The number of aryl methyl sites for hydroxylation is 1. The third kappa shape index (κ3) is 3.53. The molecule has 1 aliphatic rings. The Hall–Kier alpha value is -3.42. The maximum Gasteiger partial charge on any atom is 0.338 e. The van der Waals surface area contributed by atoms with Crippen molar-refractivity contribution in [3.8, 4) is 11.5 Å². The van der Waals surface area contributed by atoms with Crippen LogP contribution in [-0.4, -0.2) is 46.6 Å². The third-order valence-electron chi connectivity index (χ3n) is 4.45. The molecule has 0 unspecified atom stereocenters. The molecule has 1 aliphatic heterocycles. The highest BCUT2D eigenvalue weighted by atomic mass is 16.5. The minimum Gasteiger partial charge on any atom is -0.490 e. The fraction of sp³-hybridized carbons (Fsp3) is 0.300. The second-order valence-electron chi connectivity index (χ2n) is 6.32. The molecule has 0 spiro atoms. The normalized spacial score (nSPS) is 13.2. The molecular formula is C20H19N3O5. The van der Waals surface area contributed by atoms with Crippen LogP contribution in [-0.2, 0) is 11.3 Å². The average molecular weight is 381 g/mol. The van der Waals surface area contributed by atoms with Gasteiger partial charge in [0, 0.05) is 18.5 Å². The Labute approximate surface area is 161 Å². The Morgan fingerprint density at radius 3 is 2.68 bits per heavy atom. The van der Waals surface area contributed by atoms with E-state index in [4.69, 9.17) is 14.2 Å². The molecule has 2 aromatic carbocycles. The molecule has 0 atom stereocenters. The summed E-state index contributed by atoms with van der Waals surface area (Å²) in [6.07, 6.45) is 0.784. The molecule has 1 aromatic heterocycles. The number of benzene rings is 2. The molecule has 0 radical (unpaired) electrons. The van der Waals surface area contributed by atoms with Crippen LogP contribution in [0, 0.1) is 0 Å². The predicted octanol–water partition coefficient (Wildman–Crippen LogP) is 2.65. The largest absolute Gasteiger partial charge is 0.490 e. The van der Waals surface area contributed by atoms with Gasteiger partial charge >= 0.3 is 5.97 Å². The highest BCUT2D eigenvalue weighted by molar-refractivity contribution is 6.00. The van der Waals surface area contributed by atoms with Gasteiger partial charge in [0.15, 0.2) is 23.9 Å². The topological polar surface area (TPSA) is 92.5 Å². The molecule has 144 valence electrons. The number of hydrogen-bond donors (Lipinski definition) is 0. The zero-order valence-corrected chi connectivity index (χ0v) is 15.4. The molecule has 0 amide bonds. The van der Waals surface area contributed by atoms with Gasteiger partial charge in [-0.05, 0) is 43.3 Å². The highest BCUT2D eigenvalue weighted by Gasteiger charge is 2.17. The first-order chi connectivity index (χ1) is 13.7. The number of nitrogens with zero attached hydrogens (tertiary/aromatic N) is 3. The van der Waals surface area contributed by atoms with Crippen molar-refractivity contribution in [2.24, 2.45) is 0 Å². The van der Waals surface area contributed by atoms with Crippen molar-refractivity contribution in [2.75, 3.05) is 19.8 Å². The minimum absolute atomic E-state index is 0.318. The smallest absolute Gasteiger partial charge is 0.338 e. The Morgan fingerprint density at radius 1 is 1.07 bits per heavy atom. The zero-order chi connectivity index (χ0) is 19.5. The summed E-state index contributed by atoms with van der Waals surface area (Å²) in [5, 5.41) is 8.04. The van der Waals surface area contributed by atoms with Gasteiger partial charge in [-0.25, -0.2) is 9.48 Å². The third-order valence-corrected chi connectivity index (χ3v) is 4.45. The molecular weight excluding hydrogens is 362 g/mol. The molecule has 2 heterocycles. The van der Waals surface area contributed by atoms with E-state index in [0.717, 1.165) is 11.9 Å². The van der Waals surface area contributed by atoms with E-state index >= 15 is 0 Å². The van der Waals surface area contributed by atoms with Crippen LogP contribution < -0.4 is 9.47 Å². The van der Waals surface area contributed by atoms with E-state index < -0.39 is 5.97 Å².